The maximum absolute atomic E-state index is 13.2. The first-order chi connectivity index (χ1) is 21.2. The Morgan fingerprint density at radius 1 is 1.09 bits per heavy atom. The van der Waals surface area contributed by atoms with Crippen molar-refractivity contribution in [3.63, 3.8) is 0 Å². The normalized spacial score (nSPS) is 16.3. The van der Waals surface area contributed by atoms with Crippen LogP contribution in [-0.2, 0) is 16.0 Å². The summed E-state index contributed by atoms with van der Waals surface area (Å²) in [5.41, 5.74) is 5.14. The van der Waals surface area contributed by atoms with Crippen LogP contribution >= 0.6 is 22.9 Å². The smallest absolute Gasteiger partial charge is 0.308 e. The lowest BCUT2D eigenvalue weighted by molar-refractivity contribution is -0.141. The van der Waals surface area contributed by atoms with Crippen molar-refractivity contribution < 1.29 is 23.9 Å². The Kier molecular flexibility index (Phi) is 8.11. The van der Waals surface area contributed by atoms with Gasteiger partial charge in [0.2, 0.25) is 5.91 Å². The Bertz CT molecular complexity index is 1830. The van der Waals surface area contributed by atoms with E-state index in [1.165, 1.54) is 11.3 Å². The van der Waals surface area contributed by atoms with Crippen LogP contribution < -0.4 is 10.2 Å². The number of aryl methyl sites for hydroxylation is 1. The molecular weight excluding hydrogens is 600 g/mol. The number of carbonyl (C=O) groups excluding carboxylic acids is 2. The maximum Gasteiger partial charge on any atom is 0.308 e. The topological polar surface area (TPSA) is 116 Å². The van der Waals surface area contributed by atoms with Crippen molar-refractivity contribution in [2.24, 2.45) is 5.92 Å². The second kappa shape index (κ2) is 12.1. The fourth-order valence-corrected chi connectivity index (χ4v) is 6.49. The predicted molar refractivity (Wildman–Crippen MR) is 171 cm³/mol. The number of nitrogens with zero attached hydrogens (tertiary/aromatic N) is 3. The lowest BCUT2D eigenvalue weighted by atomic mass is 9.89. The van der Waals surface area contributed by atoms with Crippen LogP contribution in [0.4, 0.5) is 17.4 Å². The molecule has 1 aliphatic rings. The molecule has 224 valence electrons. The van der Waals surface area contributed by atoms with Gasteiger partial charge in [-0.2, -0.15) is 4.98 Å². The molecule has 2 aromatic heterocycles. The van der Waals surface area contributed by atoms with Gasteiger partial charge in [-0.25, -0.2) is 0 Å². The van der Waals surface area contributed by atoms with E-state index in [4.69, 9.17) is 16.0 Å². The lowest BCUT2D eigenvalue weighted by Crippen LogP contribution is -2.29. The van der Waals surface area contributed by atoms with Gasteiger partial charge in [-0.1, -0.05) is 48.0 Å². The molecule has 1 saturated heterocycles. The van der Waals surface area contributed by atoms with Crippen LogP contribution in [0.5, 0.6) is 0 Å². The molecule has 44 heavy (non-hydrogen) atoms. The average molecular weight is 629 g/mol. The Balaban J connectivity index is 1.12. The van der Waals surface area contributed by atoms with Gasteiger partial charge in [-0.05, 0) is 65.4 Å². The molecule has 5 aromatic rings. The van der Waals surface area contributed by atoms with Crippen LogP contribution in [0.25, 0.3) is 11.1 Å². The number of rotatable bonds is 8. The van der Waals surface area contributed by atoms with Crippen molar-refractivity contribution in [2.75, 3.05) is 30.4 Å². The molecule has 0 radical (unpaired) electrons. The minimum absolute atomic E-state index is 0.126. The van der Waals surface area contributed by atoms with Gasteiger partial charge in [0.1, 0.15) is 5.52 Å². The number of anilines is 3. The summed E-state index contributed by atoms with van der Waals surface area (Å²) in [5.74, 6) is -2.26. The molecule has 0 saturated carbocycles. The maximum atomic E-state index is 13.2. The molecule has 1 fully saturated rings. The van der Waals surface area contributed by atoms with Gasteiger partial charge in [-0.15, -0.1) is 11.3 Å². The van der Waals surface area contributed by atoms with Crippen LogP contribution in [-0.4, -0.2) is 52.9 Å². The van der Waals surface area contributed by atoms with E-state index >= 15 is 0 Å². The predicted octanol–water partition coefficient (Wildman–Crippen LogP) is 6.74. The Morgan fingerprint density at radius 2 is 1.89 bits per heavy atom. The number of para-hydroxylation sites is 1. The summed E-state index contributed by atoms with van der Waals surface area (Å²) in [6.45, 7) is 2.42. The highest BCUT2D eigenvalue weighted by molar-refractivity contribution is 7.12. The largest absolute Gasteiger partial charge is 0.481 e. The lowest BCUT2D eigenvalue weighted by Gasteiger charge is -2.20. The number of likely N-dealkylation sites (tertiary alicyclic amines) is 1. The van der Waals surface area contributed by atoms with E-state index in [0.29, 0.717) is 39.2 Å². The third kappa shape index (κ3) is 5.91. The van der Waals surface area contributed by atoms with Gasteiger partial charge in [0.15, 0.2) is 5.58 Å². The number of halogens is 1. The molecule has 3 heterocycles. The Labute approximate surface area is 262 Å². The number of carbonyl (C=O) groups is 3. The summed E-state index contributed by atoms with van der Waals surface area (Å²) in [6.07, 6.45) is 0.144. The van der Waals surface area contributed by atoms with Gasteiger partial charge in [-0.3, -0.25) is 14.4 Å². The SMILES string of the molecule is Cc1cccc(Cl)c1Nc1nc2ccc(CC(=O)N(C)c3ccc(C4CN(C(=O)c5cccs5)CC4C(=O)O)cc3)cc2o1. The van der Waals surface area contributed by atoms with Crippen molar-refractivity contribution >= 4 is 69.2 Å². The first kappa shape index (κ1) is 29.4. The number of oxazole rings is 1. The van der Waals surface area contributed by atoms with E-state index < -0.39 is 11.9 Å². The number of fused-ring (bicyclic) bond motifs is 1. The highest BCUT2D eigenvalue weighted by Gasteiger charge is 2.40. The molecule has 2 atom stereocenters. The number of amides is 2. The number of hydrogen-bond donors (Lipinski definition) is 2. The van der Waals surface area contributed by atoms with E-state index in [9.17, 15) is 19.5 Å². The zero-order valence-electron chi connectivity index (χ0n) is 24.0. The number of nitrogens with one attached hydrogen (secondary N) is 1. The van der Waals surface area contributed by atoms with Gasteiger partial charge in [0, 0.05) is 31.7 Å². The van der Waals surface area contributed by atoms with E-state index in [-0.39, 0.29) is 30.7 Å². The highest BCUT2D eigenvalue weighted by Crippen LogP contribution is 2.35. The van der Waals surface area contributed by atoms with Crippen LogP contribution in [0.3, 0.4) is 0 Å². The number of benzene rings is 3. The van der Waals surface area contributed by atoms with E-state index in [1.54, 1.807) is 41.1 Å². The molecule has 1 aliphatic heterocycles. The number of aromatic nitrogens is 1. The summed E-state index contributed by atoms with van der Waals surface area (Å²) < 4.78 is 5.91. The first-order valence-electron chi connectivity index (χ1n) is 14.0. The third-order valence-electron chi connectivity index (χ3n) is 8.00. The number of carboxylic acids is 1. The highest BCUT2D eigenvalue weighted by atomic mass is 35.5. The van der Waals surface area contributed by atoms with Crippen molar-refractivity contribution in [1.29, 1.82) is 0 Å². The summed E-state index contributed by atoms with van der Waals surface area (Å²) in [4.78, 5) is 46.4. The molecule has 3 aromatic carbocycles. The van der Waals surface area contributed by atoms with E-state index in [2.05, 4.69) is 10.3 Å². The molecular formula is C33H29ClN4O5S. The number of carboxylic acid groups (broad SMARTS) is 1. The van der Waals surface area contributed by atoms with E-state index in [1.807, 2.05) is 60.8 Å². The van der Waals surface area contributed by atoms with Gasteiger partial charge in [0.25, 0.3) is 11.9 Å². The Morgan fingerprint density at radius 3 is 2.59 bits per heavy atom. The standard InChI is InChI=1S/C33H29ClN4O5S/c1-19-5-3-6-25(34)30(19)36-33-35-26-13-8-20(15-27(26)43-33)16-29(39)37(2)22-11-9-21(10-12-22)23-17-38(18-24(23)32(41)42)31(40)28-7-4-14-44-28/h3-15,23-24H,16-18H2,1-2H3,(H,35,36)(H,41,42). The van der Waals surface area contributed by atoms with Crippen molar-refractivity contribution in [3.8, 4) is 0 Å². The molecule has 0 spiro atoms. The third-order valence-corrected chi connectivity index (χ3v) is 9.17. The molecule has 9 nitrogen and oxygen atoms in total. The molecule has 0 aliphatic carbocycles. The zero-order chi connectivity index (χ0) is 31.0. The molecule has 6 rings (SSSR count). The van der Waals surface area contributed by atoms with Gasteiger partial charge >= 0.3 is 5.97 Å². The van der Waals surface area contributed by atoms with Gasteiger partial charge in [0.05, 0.1) is 27.9 Å². The van der Waals surface area contributed by atoms with Crippen LogP contribution in [0.15, 0.2) is 82.6 Å². The summed E-state index contributed by atoms with van der Waals surface area (Å²) in [6, 6.07) is 22.2. The monoisotopic (exact) mass is 628 g/mol. The fraction of sp³-hybridized carbons (Fsp3) is 0.212. The Hall–Kier alpha value is -4.67. The van der Waals surface area contributed by atoms with Crippen LogP contribution in [0, 0.1) is 12.8 Å². The van der Waals surface area contributed by atoms with Crippen molar-refractivity contribution in [1.82, 2.24) is 9.88 Å². The summed E-state index contributed by atoms with van der Waals surface area (Å²) in [5, 5.41) is 15.4. The number of likely N-dealkylation sites (N-methyl/N-ethyl adjacent to an activating group) is 1. The summed E-state index contributed by atoms with van der Waals surface area (Å²) >= 11 is 7.67. The second-order valence-electron chi connectivity index (χ2n) is 10.8. The van der Waals surface area contributed by atoms with E-state index in [0.717, 1.165) is 22.4 Å². The zero-order valence-corrected chi connectivity index (χ0v) is 25.6. The second-order valence-corrected chi connectivity index (χ2v) is 12.2. The molecule has 0 bridgehead atoms. The van der Waals surface area contributed by atoms with Crippen LogP contribution in [0.2, 0.25) is 5.02 Å². The van der Waals surface area contributed by atoms with Gasteiger partial charge < -0.3 is 24.6 Å². The fourth-order valence-electron chi connectivity index (χ4n) is 5.53. The number of thiophene rings is 1. The number of aliphatic carboxylic acids is 1. The quantitative estimate of drug-likeness (QED) is 0.195. The van der Waals surface area contributed by atoms with Crippen molar-refractivity contribution in [3.05, 3.63) is 105 Å². The molecule has 2 unspecified atom stereocenters. The minimum Gasteiger partial charge on any atom is -0.481 e. The minimum atomic E-state index is -0.932. The van der Waals surface area contributed by atoms with Crippen molar-refractivity contribution in [2.45, 2.75) is 19.3 Å². The van der Waals surface area contributed by atoms with Crippen LogP contribution in [0.1, 0.15) is 32.3 Å². The molecule has 11 heteroatoms. The molecule has 2 amide bonds. The average Bonchev–Trinajstić information content (AvgIpc) is 3.78. The summed E-state index contributed by atoms with van der Waals surface area (Å²) in [7, 11) is 1.70. The first-order valence-corrected chi connectivity index (χ1v) is 15.3. The number of hydrogen-bond acceptors (Lipinski definition) is 7. The molecule has 2 N–H and O–H groups in total.